The van der Waals surface area contributed by atoms with Crippen LogP contribution in [0, 0.1) is 0 Å². The minimum absolute atomic E-state index is 0.0945. The number of halogens is 1. The maximum atomic E-state index is 14.4. The summed E-state index contributed by atoms with van der Waals surface area (Å²) in [6, 6.07) is 5.69. The molecule has 2 atom stereocenters. The molecule has 0 unspecified atom stereocenters. The lowest BCUT2D eigenvalue weighted by atomic mass is 10.1. The van der Waals surface area contributed by atoms with Crippen LogP contribution in [-0.2, 0) is 33.9 Å². The standard InChI is InChI=1S/C19H33BrNO6PS/c1-8-25-17(26-9-2)28(22,27-10-3)19(7,15-11-13-16(20)14-12-15)21-29(23,24)18(4,5)6/h11-14,17,21H,8-10H2,1-7H3/t19-,28+/m1/s1. The Morgan fingerprint density at radius 3 is 1.86 bits per heavy atom. The van der Waals surface area contributed by atoms with Gasteiger partial charge in [-0.1, -0.05) is 28.1 Å². The molecule has 7 nitrogen and oxygen atoms in total. The number of hydrogen-bond acceptors (Lipinski definition) is 6. The number of hydrogen-bond donors (Lipinski definition) is 1. The zero-order valence-electron chi connectivity index (χ0n) is 18.2. The number of benzene rings is 1. The van der Waals surface area contributed by atoms with E-state index >= 15 is 0 Å². The van der Waals surface area contributed by atoms with Gasteiger partial charge in [-0.05, 0) is 66.2 Å². The minimum Gasteiger partial charge on any atom is -0.345 e. The van der Waals surface area contributed by atoms with Gasteiger partial charge < -0.3 is 14.0 Å². The lowest BCUT2D eigenvalue weighted by molar-refractivity contribution is -0.0912. The summed E-state index contributed by atoms with van der Waals surface area (Å²) in [5.74, 6) is 0. The predicted octanol–water partition coefficient (Wildman–Crippen LogP) is 5.01. The van der Waals surface area contributed by atoms with Gasteiger partial charge in [0.15, 0.2) is 0 Å². The zero-order chi connectivity index (χ0) is 22.5. The van der Waals surface area contributed by atoms with E-state index in [1.165, 1.54) is 0 Å². The van der Waals surface area contributed by atoms with Crippen LogP contribution < -0.4 is 4.72 Å². The molecule has 29 heavy (non-hydrogen) atoms. The fourth-order valence-corrected chi connectivity index (χ4v) is 7.08. The Morgan fingerprint density at radius 1 is 1.00 bits per heavy atom. The first-order valence-corrected chi connectivity index (χ1v) is 13.5. The number of rotatable bonds is 11. The van der Waals surface area contributed by atoms with Crippen molar-refractivity contribution in [2.75, 3.05) is 19.8 Å². The van der Waals surface area contributed by atoms with Gasteiger partial charge in [-0.2, -0.15) is 4.72 Å². The summed E-state index contributed by atoms with van der Waals surface area (Å²) in [6.45, 7) is 12.0. The van der Waals surface area contributed by atoms with E-state index in [9.17, 15) is 13.0 Å². The maximum Gasteiger partial charge on any atom is 0.282 e. The maximum absolute atomic E-state index is 14.4. The molecule has 0 aromatic heterocycles. The summed E-state index contributed by atoms with van der Waals surface area (Å²) in [7, 11) is -7.84. The second-order valence-electron chi connectivity index (χ2n) is 7.53. The molecular weight excluding hydrogens is 481 g/mol. The Labute approximate surface area is 183 Å². The van der Waals surface area contributed by atoms with E-state index in [4.69, 9.17) is 14.0 Å². The van der Waals surface area contributed by atoms with Crippen LogP contribution in [0.25, 0.3) is 0 Å². The third-order valence-electron chi connectivity index (χ3n) is 4.39. The Morgan fingerprint density at radius 2 is 1.48 bits per heavy atom. The van der Waals surface area contributed by atoms with Gasteiger partial charge in [0.05, 0.1) is 11.4 Å². The molecular formula is C19H33BrNO6PS. The van der Waals surface area contributed by atoms with Crippen LogP contribution in [-0.4, -0.2) is 39.0 Å². The van der Waals surface area contributed by atoms with E-state index in [-0.39, 0.29) is 19.8 Å². The summed E-state index contributed by atoms with van der Waals surface area (Å²) in [5, 5.41) is -1.62. The third kappa shape index (κ3) is 5.91. The quantitative estimate of drug-likeness (QED) is 0.330. The van der Waals surface area contributed by atoms with Gasteiger partial charge in [0, 0.05) is 17.7 Å². The van der Waals surface area contributed by atoms with E-state index in [2.05, 4.69) is 20.7 Å². The van der Waals surface area contributed by atoms with Gasteiger partial charge in [-0.25, -0.2) is 8.42 Å². The SMILES string of the molecule is CCOC(OCC)[P@](=O)(OCC)[C@@](C)(NS(=O)(=O)C(C)(C)C)c1ccc(Br)cc1. The fraction of sp³-hybridized carbons (Fsp3) is 0.684. The summed E-state index contributed by atoms with van der Waals surface area (Å²) in [6.07, 6.45) is 0. The Balaban J connectivity index is 3.78. The third-order valence-corrected chi connectivity index (χ3v) is 10.5. The second kappa shape index (κ2) is 10.4. The van der Waals surface area contributed by atoms with Gasteiger partial charge in [-0.15, -0.1) is 0 Å². The molecule has 1 aromatic carbocycles. The van der Waals surface area contributed by atoms with E-state index in [0.29, 0.717) is 5.56 Å². The Hall–Kier alpha value is -0.280. The zero-order valence-corrected chi connectivity index (χ0v) is 21.5. The Bertz CT molecular complexity index is 803. The van der Waals surface area contributed by atoms with Gasteiger partial charge >= 0.3 is 0 Å². The molecule has 1 N–H and O–H groups in total. The smallest absolute Gasteiger partial charge is 0.282 e. The van der Waals surface area contributed by atoms with Gasteiger partial charge in [0.1, 0.15) is 5.28 Å². The van der Waals surface area contributed by atoms with E-state index < -0.39 is 33.5 Å². The highest BCUT2D eigenvalue weighted by Gasteiger charge is 2.56. The van der Waals surface area contributed by atoms with Gasteiger partial charge in [0.2, 0.25) is 16.1 Å². The first kappa shape index (κ1) is 26.8. The van der Waals surface area contributed by atoms with Crippen molar-refractivity contribution in [3.8, 4) is 0 Å². The normalized spacial score (nSPS) is 17.1. The van der Waals surface area contributed by atoms with Crippen molar-refractivity contribution >= 4 is 33.3 Å². The van der Waals surface area contributed by atoms with Crippen molar-refractivity contribution in [1.29, 1.82) is 0 Å². The van der Waals surface area contributed by atoms with Gasteiger partial charge in [-0.3, -0.25) is 4.57 Å². The van der Waals surface area contributed by atoms with Crippen LogP contribution in [0.3, 0.4) is 0 Å². The number of sulfonamides is 1. The molecule has 0 saturated carbocycles. The number of ether oxygens (including phenoxy) is 2. The topological polar surface area (TPSA) is 90.9 Å². The molecule has 1 aromatic rings. The molecule has 10 heteroatoms. The van der Waals surface area contributed by atoms with E-state index in [1.807, 2.05) is 0 Å². The highest BCUT2D eigenvalue weighted by Crippen LogP contribution is 2.66. The van der Waals surface area contributed by atoms with Crippen molar-refractivity contribution in [3.63, 3.8) is 0 Å². The molecule has 0 spiro atoms. The Kier molecular flexibility index (Phi) is 9.55. The van der Waals surface area contributed by atoms with Crippen LogP contribution in [0.15, 0.2) is 28.7 Å². The van der Waals surface area contributed by atoms with Crippen LogP contribution in [0.1, 0.15) is 54.0 Å². The van der Waals surface area contributed by atoms with Crippen LogP contribution in [0.4, 0.5) is 0 Å². The van der Waals surface area contributed by atoms with E-state index in [1.54, 1.807) is 72.7 Å². The summed E-state index contributed by atoms with van der Waals surface area (Å²) in [5.41, 5.74) is 0.481. The molecule has 0 saturated heterocycles. The largest absolute Gasteiger partial charge is 0.345 e. The lowest BCUT2D eigenvalue weighted by Crippen LogP contribution is -2.51. The summed E-state index contributed by atoms with van der Waals surface area (Å²) in [4.78, 5) is 0. The van der Waals surface area contributed by atoms with E-state index in [0.717, 1.165) is 4.47 Å². The second-order valence-corrected chi connectivity index (χ2v) is 13.6. The number of nitrogens with one attached hydrogen (secondary N) is 1. The first-order valence-electron chi connectivity index (χ1n) is 9.56. The molecule has 168 valence electrons. The highest BCUT2D eigenvalue weighted by molar-refractivity contribution is 9.10. The van der Waals surface area contributed by atoms with Crippen LogP contribution >= 0.6 is 23.3 Å². The van der Waals surface area contributed by atoms with Gasteiger partial charge in [0.25, 0.3) is 7.37 Å². The monoisotopic (exact) mass is 513 g/mol. The summed E-state index contributed by atoms with van der Waals surface area (Å²) >= 11 is 3.38. The van der Waals surface area contributed by atoms with Crippen LogP contribution in [0.5, 0.6) is 0 Å². The average molecular weight is 514 g/mol. The molecule has 0 fully saturated rings. The molecule has 0 aliphatic carbocycles. The minimum atomic E-state index is -3.94. The van der Waals surface area contributed by atoms with Crippen molar-refractivity contribution in [1.82, 2.24) is 4.72 Å². The van der Waals surface area contributed by atoms with Crippen LogP contribution in [0.2, 0.25) is 0 Å². The first-order chi connectivity index (χ1) is 13.3. The molecule has 0 radical (unpaired) electrons. The lowest BCUT2D eigenvalue weighted by Gasteiger charge is -2.42. The fourth-order valence-electron chi connectivity index (χ4n) is 2.61. The van der Waals surface area contributed by atoms with Crippen molar-refractivity contribution < 1.29 is 27.0 Å². The van der Waals surface area contributed by atoms with Crippen molar-refractivity contribution in [2.24, 2.45) is 0 Å². The molecule has 0 bridgehead atoms. The highest BCUT2D eigenvalue weighted by atomic mass is 79.9. The van der Waals surface area contributed by atoms with Crippen molar-refractivity contribution in [2.45, 2.75) is 64.5 Å². The molecule has 1 rings (SSSR count). The summed E-state index contributed by atoms with van der Waals surface area (Å²) < 4.78 is 60.0. The molecule has 0 amide bonds. The molecule has 0 heterocycles. The predicted molar refractivity (Wildman–Crippen MR) is 120 cm³/mol. The molecule has 0 aliphatic rings. The average Bonchev–Trinajstić information content (AvgIpc) is 2.60. The van der Waals surface area contributed by atoms with Crippen molar-refractivity contribution in [3.05, 3.63) is 34.3 Å². The molecule has 0 aliphatic heterocycles.